The molecule has 3 aliphatic rings. The van der Waals surface area contributed by atoms with Gasteiger partial charge < -0.3 is 20.9 Å². The number of benzene rings is 2. The lowest BCUT2D eigenvalue weighted by atomic mass is 9.93. The van der Waals surface area contributed by atoms with Gasteiger partial charge in [0.15, 0.2) is 0 Å². The molecular formula is C37H46N4O5. The maximum atomic E-state index is 14.5. The van der Waals surface area contributed by atoms with Gasteiger partial charge in [-0.1, -0.05) is 87.9 Å². The fourth-order valence-electron chi connectivity index (χ4n) is 7.57. The third-order valence-corrected chi connectivity index (χ3v) is 10.2. The number of likely N-dealkylation sites (tertiary alicyclic amines) is 1. The molecule has 5 rings (SSSR count). The van der Waals surface area contributed by atoms with Gasteiger partial charge in [-0.2, -0.15) is 0 Å². The molecule has 1 saturated carbocycles. The molecule has 244 valence electrons. The van der Waals surface area contributed by atoms with Gasteiger partial charge in [0, 0.05) is 19.5 Å². The average Bonchev–Trinajstić information content (AvgIpc) is 3.41. The van der Waals surface area contributed by atoms with Gasteiger partial charge in [0.1, 0.15) is 12.1 Å². The number of carbonyl (C=O) groups excluding carboxylic acids is 5. The Kier molecular flexibility index (Phi) is 10.1. The first kappa shape index (κ1) is 33.1. The maximum absolute atomic E-state index is 14.5. The number of aryl methyl sites for hydroxylation is 1. The summed E-state index contributed by atoms with van der Waals surface area (Å²) in [7, 11) is 0. The molecule has 2 fully saturated rings. The lowest BCUT2D eigenvalue weighted by Crippen LogP contribution is -2.59. The van der Waals surface area contributed by atoms with Crippen molar-refractivity contribution in [2.75, 3.05) is 13.1 Å². The van der Waals surface area contributed by atoms with Crippen molar-refractivity contribution in [3.05, 3.63) is 83.9 Å². The van der Waals surface area contributed by atoms with Crippen LogP contribution in [0, 0.1) is 23.2 Å². The molecule has 4 amide bonds. The van der Waals surface area contributed by atoms with Crippen LogP contribution in [0.3, 0.4) is 0 Å². The minimum Gasteiger partial charge on any atom is -0.346 e. The second-order valence-electron chi connectivity index (χ2n) is 13.6. The molecule has 9 nitrogen and oxygen atoms in total. The third-order valence-electron chi connectivity index (χ3n) is 10.2. The van der Waals surface area contributed by atoms with E-state index in [4.69, 9.17) is 0 Å². The highest BCUT2D eigenvalue weighted by atomic mass is 16.2. The molecule has 2 aliphatic carbocycles. The monoisotopic (exact) mass is 626 g/mol. The zero-order valence-corrected chi connectivity index (χ0v) is 27.1. The van der Waals surface area contributed by atoms with E-state index in [0.717, 1.165) is 5.56 Å². The van der Waals surface area contributed by atoms with Crippen LogP contribution in [-0.4, -0.2) is 65.5 Å². The number of hydrogen-bond donors (Lipinski definition) is 3. The van der Waals surface area contributed by atoms with Crippen molar-refractivity contribution in [1.29, 1.82) is 0 Å². The van der Waals surface area contributed by atoms with Gasteiger partial charge in [-0.3, -0.25) is 24.0 Å². The Morgan fingerprint density at radius 3 is 2.26 bits per heavy atom. The molecule has 1 saturated heterocycles. The zero-order valence-electron chi connectivity index (χ0n) is 27.1. The van der Waals surface area contributed by atoms with Crippen LogP contribution in [-0.2, 0) is 43.2 Å². The molecule has 46 heavy (non-hydrogen) atoms. The second kappa shape index (κ2) is 14.0. The summed E-state index contributed by atoms with van der Waals surface area (Å²) in [5, 5.41) is 8.43. The molecule has 9 heteroatoms. The average molecular weight is 627 g/mol. The Morgan fingerprint density at radius 1 is 0.978 bits per heavy atom. The van der Waals surface area contributed by atoms with Gasteiger partial charge in [-0.05, 0) is 65.5 Å². The lowest BCUT2D eigenvalue weighted by molar-refractivity contribution is -0.145. The lowest BCUT2D eigenvalue weighted by Gasteiger charge is -2.35. The number of amides is 4. The first-order chi connectivity index (χ1) is 22.1. The van der Waals surface area contributed by atoms with Gasteiger partial charge in [-0.25, -0.2) is 0 Å². The molecule has 1 unspecified atom stereocenters. The number of fused-ring (bicyclic) bond motifs is 2. The molecule has 0 aromatic heterocycles. The van der Waals surface area contributed by atoms with Gasteiger partial charge in [0.25, 0.3) is 5.91 Å². The number of carbonyl (C=O) groups is 5. The first-order valence-electron chi connectivity index (χ1n) is 16.5. The van der Waals surface area contributed by atoms with Gasteiger partial charge in [0.2, 0.25) is 23.5 Å². The number of Topliss-reactive ketones (excluding diaryl/α,β-unsaturated/α-hetero) is 1. The first-order valence-corrected chi connectivity index (χ1v) is 16.5. The van der Waals surface area contributed by atoms with Crippen molar-refractivity contribution in [2.45, 2.75) is 77.4 Å². The summed E-state index contributed by atoms with van der Waals surface area (Å²) in [4.78, 5) is 69.0. The van der Waals surface area contributed by atoms with E-state index in [1.54, 1.807) is 4.90 Å². The van der Waals surface area contributed by atoms with Crippen LogP contribution in [0.5, 0.6) is 0 Å². The van der Waals surface area contributed by atoms with Crippen LogP contribution in [0.25, 0.3) is 0 Å². The maximum Gasteiger partial charge on any atom is 0.289 e. The van der Waals surface area contributed by atoms with Gasteiger partial charge in [0.05, 0.1) is 6.04 Å². The Morgan fingerprint density at radius 2 is 1.63 bits per heavy atom. The SMILES string of the molecule is C=CCNC(=O)C(=O)C(CCC)NC(=O)[C@@H]1[C@@H]2[C@H](CN1C(=O)[C@@H](NC(=O)CCc1ccccc1)C1Cc3ccccc3C1)C2(C)C. The van der Waals surface area contributed by atoms with E-state index in [2.05, 4.69) is 48.5 Å². The molecular weight excluding hydrogens is 580 g/mol. The van der Waals surface area contributed by atoms with E-state index >= 15 is 0 Å². The molecule has 5 atom stereocenters. The van der Waals surface area contributed by atoms with Crippen LogP contribution in [0.15, 0.2) is 67.3 Å². The highest BCUT2D eigenvalue weighted by molar-refractivity contribution is 6.38. The number of nitrogens with one attached hydrogen (secondary N) is 3. The minimum atomic E-state index is -1.00. The van der Waals surface area contributed by atoms with E-state index < -0.39 is 35.7 Å². The van der Waals surface area contributed by atoms with Gasteiger partial charge in [-0.15, -0.1) is 6.58 Å². The predicted molar refractivity (Wildman–Crippen MR) is 175 cm³/mol. The quantitative estimate of drug-likeness (QED) is 0.220. The van der Waals surface area contributed by atoms with E-state index in [1.165, 1.54) is 17.2 Å². The van der Waals surface area contributed by atoms with E-state index in [1.807, 2.05) is 49.4 Å². The zero-order chi connectivity index (χ0) is 33.0. The summed E-state index contributed by atoms with van der Waals surface area (Å²) < 4.78 is 0. The van der Waals surface area contributed by atoms with Crippen LogP contribution in [0.2, 0.25) is 0 Å². The Hall–Kier alpha value is -4.27. The van der Waals surface area contributed by atoms with Crippen molar-refractivity contribution in [3.8, 4) is 0 Å². The molecule has 1 heterocycles. The Balaban J connectivity index is 1.36. The molecule has 0 radical (unpaired) electrons. The third kappa shape index (κ3) is 6.93. The van der Waals surface area contributed by atoms with Crippen molar-refractivity contribution in [2.24, 2.45) is 23.2 Å². The van der Waals surface area contributed by atoms with Crippen LogP contribution in [0.1, 0.15) is 56.7 Å². The summed E-state index contributed by atoms with van der Waals surface area (Å²) in [5.41, 5.74) is 3.22. The number of nitrogens with zero attached hydrogens (tertiary/aromatic N) is 1. The fraction of sp³-hybridized carbons (Fsp3) is 0.486. The van der Waals surface area contributed by atoms with Crippen LogP contribution < -0.4 is 16.0 Å². The van der Waals surface area contributed by atoms with Crippen molar-refractivity contribution in [1.82, 2.24) is 20.9 Å². The van der Waals surface area contributed by atoms with Gasteiger partial charge >= 0.3 is 0 Å². The second-order valence-corrected chi connectivity index (χ2v) is 13.6. The minimum absolute atomic E-state index is 0.0846. The smallest absolute Gasteiger partial charge is 0.289 e. The molecule has 1 aliphatic heterocycles. The largest absolute Gasteiger partial charge is 0.346 e. The number of piperidine rings is 1. The molecule has 2 aromatic carbocycles. The van der Waals surface area contributed by atoms with Crippen LogP contribution in [0.4, 0.5) is 0 Å². The molecule has 0 spiro atoms. The number of ketones is 1. The Bertz CT molecular complexity index is 1460. The normalized spacial score (nSPS) is 22.2. The van der Waals surface area contributed by atoms with Crippen molar-refractivity contribution in [3.63, 3.8) is 0 Å². The predicted octanol–water partition coefficient (Wildman–Crippen LogP) is 3.16. The summed E-state index contributed by atoms with van der Waals surface area (Å²) in [6.07, 6.45) is 4.46. The highest BCUT2D eigenvalue weighted by Crippen LogP contribution is 2.65. The van der Waals surface area contributed by atoms with E-state index in [0.29, 0.717) is 38.6 Å². The number of hydrogen-bond acceptors (Lipinski definition) is 5. The molecule has 0 bridgehead atoms. The Labute approximate surface area is 271 Å². The fourth-order valence-corrected chi connectivity index (χ4v) is 7.57. The summed E-state index contributed by atoms with van der Waals surface area (Å²) in [5.74, 6) is -2.51. The summed E-state index contributed by atoms with van der Waals surface area (Å²) in [6, 6.07) is 15.3. The van der Waals surface area contributed by atoms with E-state index in [9.17, 15) is 24.0 Å². The van der Waals surface area contributed by atoms with Crippen molar-refractivity contribution < 1.29 is 24.0 Å². The van der Waals surface area contributed by atoms with Crippen molar-refractivity contribution >= 4 is 29.4 Å². The molecule has 2 aromatic rings. The summed E-state index contributed by atoms with van der Waals surface area (Å²) in [6.45, 7) is 10.2. The van der Waals surface area contributed by atoms with E-state index in [-0.39, 0.29) is 47.9 Å². The standard InChI is InChI=1S/C37H46N4O5/c1-5-12-28(33(43)35(45)38-19-6-2)39-34(44)32-30-27(37(30,3)4)22-41(32)36(46)31(26-20-24-15-10-11-16-25(24)21-26)40-29(42)18-17-23-13-8-7-9-14-23/h6-11,13-16,26-28,30-32H,2,5,12,17-22H2,1,3-4H3,(H,38,45)(H,39,44)(H,40,42)/t27-,28?,30-,31-,32-/m0/s1. The summed E-state index contributed by atoms with van der Waals surface area (Å²) >= 11 is 0. The van der Waals surface area contributed by atoms with Crippen LogP contribution >= 0.6 is 0 Å². The molecule has 3 N–H and O–H groups in total. The topological polar surface area (TPSA) is 125 Å². The highest BCUT2D eigenvalue weighted by Gasteiger charge is 2.69. The number of rotatable bonds is 14.